The third kappa shape index (κ3) is 2.11. The first kappa shape index (κ1) is 12.2. The van der Waals surface area contributed by atoms with Crippen LogP contribution in [0.1, 0.15) is 29.2 Å². The summed E-state index contributed by atoms with van der Waals surface area (Å²) in [6.45, 7) is 0. The fraction of sp³-hybridized carbons (Fsp3) is 0.188. The molecule has 0 radical (unpaired) electrons. The van der Waals surface area contributed by atoms with Gasteiger partial charge in [0.05, 0.1) is 23.8 Å². The van der Waals surface area contributed by atoms with E-state index >= 15 is 0 Å². The van der Waals surface area contributed by atoms with Gasteiger partial charge < -0.3 is 0 Å². The molecule has 0 aromatic carbocycles. The molecule has 3 heterocycles. The van der Waals surface area contributed by atoms with Crippen LogP contribution in [-0.2, 0) is 6.42 Å². The van der Waals surface area contributed by atoms with Crippen molar-refractivity contribution >= 4 is 0 Å². The second kappa shape index (κ2) is 4.77. The second-order valence-electron chi connectivity index (χ2n) is 5.22. The molecule has 4 rings (SSSR count). The quantitative estimate of drug-likeness (QED) is 0.725. The minimum atomic E-state index is -0.298. The molecule has 104 valence electrons. The Morgan fingerprint density at radius 2 is 2.14 bits per heavy atom. The molecule has 3 aromatic heterocycles. The standard InChI is InChI=1S/C16H13FN4/c17-13-6-12(7-19-8-13)15-4-3-11-10-21(20-16(11)15)14-2-1-5-18-9-14/h1-2,5-10,15H,3-4H2. The molecular weight excluding hydrogens is 267 g/mol. The summed E-state index contributed by atoms with van der Waals surface area (Å²) >= 11 is 0. The maximum absolute atomic E-state index is 13.4. The Morgan fingerprint density at radius 1 is 1.19 bits per heavy atom. The van der Waals surface area contributed by atoms with Crippen LogP contribution in [0, 0.1) is 5.82 Å². The van der Waals surface area contributed by atoms with Gasteiger partial charge in [0.1, 0.15) is 5.82 Å². The SMILES string of the molecule is Fc1cncc(C2CCc3cn(-c4cccnc4)nc32)c1. The predicted octanol–water partition coefficient (Wildman–Crippen LogP) is 2.88. The molecule has 1 aliphatic rings. The summed E-state index contributed by atoms with van der Waals surface area (Å²) in [4.78, 5) is 8.06. The number of fused-ring (bicyclic) bond motifs is 1. The van der Waals surface area contributed by atoms with Gasteiger partial charge in [-0.05, 0) is 42.2 Å². The lowest BCUT2D eigenvalue weighted by Gasteiger charge is -2.09. The second-order valence-corrected chi connectivity index (χ2v) is 5.22. The average Bonchev–Trinajstić information content (AvgIpc) is 3.08. The highest BCUT2D eigenvalue weighted by Gasteiger charge is 2.28. The van der Waals surface area contributed by atoms with Gasteiger partial charge in [0.2, 0.25) is 0 Å². The van der Waals surface area contributed by atoms with Gasteiger partial charge in [-0.15, -0.1) is 0 Å². The monoisotopic (exact) mass is 280 g/mol. The van der Waals surface area contributed by atoms with Crippen LogP contribution in [0.4, 0.5) is 4.39 Å². The van der Waals surface area contributed by atoms with Crippen LogP contribution >= 0.6 is 0 Å². The Morgan fingerprint density at radius 3 is 2.95 bits per heavy atom. The number of aromatic nitrogens is 4. The summed E-state index contributed by atoms with van der Waals surface area (Å²) in [7, 11) is 0. The molecule has 1 unspecified atom stereocenters. The highest BCUT2D eigenvalue weighted by Crippen LogP contribution is 2.37. The summed E-state index contributed by atoms with van der Waals surface area (Å²) in [6, 6.07) is 5.40. The molecule has 5 heteroatoms. The van der Waals surface area contributed by atoms with Crippen LogP contribution in [0.2, 0.25) is 0 Å². The fourth-order valence-electron chi connectivity index (χ4n) is 2.91. The van der Waals surface area contributed by atoms with Crippen molar-refractivity contribution in [3.63, 3.8) is 0 Å². The van der Waals surface area contributed by atoms with Gasteiger partial charge in [-0.25, -0.2) is 9.07 Å². The van der Waals surface area contributed by atoms with Crippen molar-refractivity contribution < 1.29 is 4.39 Å². The van der Waals surface area contributed by atoms with E-state index in [1.54, 1.807) is 24.7 Å². The van der Waals surface area contributed by atoms with Crippen molar-refractivity contribution in [3.05, 3.63) is 71.8 Å². The van der Waals surface area contributed by atoms with Gasteiger partial charge >= 0.3 is 0 Å². The van der Waals surface area contributed by atoms with Crippen LogP contribution < -0.4 is 0 Å². The van der Waals surface area contributed by atoms with Gasteiger partial charge in [0.15, 0.2) is 0 Å². The fourth-order valence-corrected chi connectivity index (χ4v) is 2.91. The molecule has 0 spiro atoms. The summed E-state index contributed by atoms with van der Waals surface area (Å²) in [5.41, 5.74) is 4.06. The maximum atomic E-state index is 13.4. The topological polar surface area (TPSA) is 43.6 Å². The molecule has 1 atom stereocenters. The zero-order chi connectivity index (χ0) is 14.2. The molecule has 0 amide bonds. The van der Waals surface area contributed by atoms with E-state index in [1.807, 2.05) is 23.0 Å². The lowest BCUT2D eigenvalue weighted by molar-refractivity contribution is 0.613. The van der Waals surface area contributed by atoms with E-state index in [-0.39, 0.29) is 11.7 Å². The lowest BCUT2D eigenvalue weighted by atomic mass is 9.99. The molecule has 21 heavy (non-hydrogen) atoms. The van der Waals surface area contributed by atoms with Gasteiger partial charge in [0.25, 0.3) is 0 Å². The van der Waals surface area contributed by atoms with Crippen LogP contribution in [-0.4, -0.2) is 19.7 Å². The first-order valence-corrected chi connectivity index (χ1v) is 6.90. The average molecular weight is 280 g/mol. The number of aryl methyl sites for hydroxylation is 1. The molecule has 4 nitrogen and oxygen atoms in total. The van der Waals surface area contributed by atoms with Gasteiger partial charge in [-0.3, -0.25) is 9.97 Å². The van der Waals surface area contributed by atoms with E-state index in [2.05, 4.69) is 15.1 Å². The van der Waals surface area contributed by atoms with Crippen molar-refractivity contribution in [2.75, 3.05) is 0 Å². The Bertz CT molecular complexity index is 782. The van der Waals surface area contributed by atoms with E-state index in [1.165, 1.54) is 11.8 Å². The van der Waals surface area contributed by atoms with Gasteiger partial charge in [0, 0.05) is 24.5 Å². The van der Waals surface area contributed by atoms with E-state index in [0.717, 1.165) is 29.8 Å². The molecule has 0 fully saturated rings. The molecule has 0 N–H and O–H groups in total. The maximum Gasteiger partial charge on any atom is 0.141 e. The minimum absolute atomic E-state index is 0.126. The van der Waals surface area contributed by atoms with Crippen molar-refractivity contribution in [2.24, 2.45) is 0 Å². The predicted molar refractivity (Wildman–Crippen MR) is 75.7 cm³/mol. The summed E-state index contributed by atoms with van der Waals surface area (Å²) < 4.78 is 15.2. The van der Waals surface area contributed by atoms with Gasteiger partial charge in [-0.1, -0.05) is 0 Å². The zero-order valence-corrected chi connectivity index (χ0v) is 11.3. The molecule has 3 aromatic rings. The van der Waals surface area contributed by atoms with Crippen molar-refractivity contribution in [2.45, 2.75) is 18.8 Å². The van der Waals surface area contributed by atoms with E-state index in [9.17, 15) is 4.39 Å². The van der Waals surface area contributed by atoms with Crippen molar-refractivity contribution in [1.29, 1.82) is 0 Å². The summed E-state index contributed by atoms with van der Waals surface area (Å²) in [5.74, 6) is -0.172. The highest BCUT2D eigenvalue weighted by atomic mass is 19.1. The number of hydrogen-bond acceptors (Lipinski definition) is 3. The number of pyridine rings is 2. The minimum Gasteiger partial charge on any atom is -0.262 e. The largest absolute Gasteiger partial charge is 0.262 e. The summed E-state index contributed by atoms with van der Waals surface area (Å²) in [5, 5.41) is 4.67. The third-order valence-corrected chi connectivity index (χ3v) is 3.89. The Hall–Kier alpha value is -2.56. The van der Waals surface area contributed by atoms with Crippen LogP contribution in [0.15, 0.2) is 49.2 Å². The van der Waals surface area contributed by atoms with Crippen LogP contribution in [0.5, 0.6) is 0 Å². The number of hydrogen-bond donors (Lipinski definition) is 0. The number of nitrogens with zero attached hydrogens (tertiary/aromatic N) is 4. The lowest BCUT2D eigenvalue weighted by Crippen LogP contribution is -2.02. The Labute approximate surface area is 121 Å². The molecule has 0 saturated carbocycles. The smallest absolute Gasteiger partial charge is 0.141 e. The first-order valence-electron chi connectivity index (χ1n) is 6.90. The Balaban J connectivity index is 1.74. The van der Waals surface area contributed by atoms with E-state index < -0.39 is 0 Å². The molecule has 0 bridgehead atoms. The van der Waals surface area contributed by atoms with E-state index in [4.69, 9.17) is 0 Å². The zero-order valence-electron chi connectivity index (χ0n) is 11.3. The summed E-state index contributed by atoms with van der Waals surface area (Å²) in [6.07, 6.45) is 10.4. The highest BCUT2D eigenvalue weighted by molar-refractivity contribution is 5.39. The number of rotatable bonds is 2. The first-order chi connectivity index (χ1) is 10.3. The normalized spacial score (nSPS) is 16.9. The van der Waals surface area contributed by atoms with Crippen molar-refractivity contribution in [1.82, 2.24) is 19.7 Å². The molecule has 0 aliphatic heterocycles. The number of halogens is 1. The molecule has 1 aliphatic carbocycles. The Kier molecular flexibility index (Phi) is 2.77. The van der Waals surface area contributed by atoms with Gasteiger partial charge in [-0.2, -0.15) is 5.10 Å². The molecular formula is C16H13FN4. The van der Waals surface area contributed by atoms with Crippen molar-refractivity contribution in [3.8, 4) is 5.69 Å². The molecule has 0 saturated heterocycles. The van der Waals surface area contributed by atoms with Crippen LogP contribution in [0.25, 0.3) is 5.69 Å². The third-order valence-electron chi connectivity index (χ3n) is 3.89. The van der Waals surface area contributed by atoms with E-state index in [0.29, 0.717) is 0 Å². The van der Waals surface area contributed by atoms with Crippen LogP contribution in [0.3, 0.4) is 0 Å².